The molecule has 0 saturated heterocycles. The molecule has 0 spiro atoms. The zero-order valence-electron chi connectivity index (χ0n) is 12.3. The number of azide groups is 1. The molecular weight excluding hydrogens is 373 g/mol. The van der Waals surface area contributed by atoms with Crippen molar-refractivity contribution in [1.29, 1.82) is 0 Å². The number of hydrogen-bond donors (Lipinski definition) is 0. The largest absolute Gasteiger partial charge is 0.287 e. The fraction of sp³-hybridized carbons (Fsp3) is 0.429. The van der Waals surface area contributed by atoms with Crippen molar-refractivity contribution in [3.05, 3.63) is 38.4 Å². The average Bonchev–Trinajstić information content (AvgIpc) is 2.40. The van der Waals surface area contributed by atoms with Crippen LogP contribution >= 0.6 is 27.7 Å². The van der Waals surface area contributed by atoms with Crippen molar-refractivity contribution in [3.8, 4) is 0 Å². The molecule has 0 aliphatic heterocycles. The third-order valence-corrected chi connectivity index (χ3v) is 4.91. The molecule has 0 aliphatic rings. The van der Waals surface area contributed by atoms with Gasteiger partial charge in [0, 0.05) is 20.2 Å². The number of carbonyl (C=O) groups is 2. The summed E-state index contributed by atoms with van der Waals surface area (Å²) in [4.78, 5) is 26.5. The Kier molecular flexibility index (Phi) is 7.06. The highest BCUT2D eigenvalue weighted by atomic mass is 79.9. The lowest BCUT2D eigenvalue weighted by Gasteiger charge is -2.13. The Morgan fingerprint density at radius 3 is 2.59 bits per heavy atom. The SMILES string of the molecule is CC(C)CC(C)C(=O)Sc1cc(C(=O)N=[N+]=[N-])c(F)cc1Br. The van der Waals surface area contributed by atoms with Crippen molar-refractivity contribution >= 4 is 38.7 Å². The number of hydrogen-bond acceptors (Lipinski definition) is 3. The maximum absolute atomic E-state index is 13.7. The summed E-state index contributed by atoms with van der Waals surface area (Å²) in [6.07, 6.45) is 0.745. The van der Waals surface area contributed by atoms with Crippen LogP contribution in [0.15, 0.2) is 26.6 Å². The number of halogens is 2. The minimum absolute atomic E-state index is 0.0665. The lowest BCUT2D eigenvalue weighted by molar-refractivity contribution is -0.114. The summed E-state index contributed by atoms with van der Waals surface area (Å²) in [7, 11) is 0. The third kappa shape index (κ3) is 5.12. The summed E-state index contributed by atoms with van der Waals surface area (Å²) >= 11 is 4.11. The zero-order valence-corrected chi connectivity index (χ0v) is 14.7. The van der Waals surface area contributed by atoms with Crippen LogP contribution in [-0.2, 0) is 4.79 Å². The molecule has 8 heteroatoms. The van der Waals surface area contributed by atoms with Gasteiger partial charge in [-0.05, 0) is 51.0 Å². The van der Waals surface area contributed by atoms with Crippen LogP contribution in [0.1, 0.15) is 37.6 Å². The molecule has 1 aromatic carbocycles. The van der Waals surface area contributed by atoms with Crippen LogP contribution in [0.25, 0.3) is 10.4 Å². The van der Waals surface area contributed by atoms with Crippen molar-refractivity contribution in [2.24, 2.45) is 17.0 Å². The fourth-order valence-corrected chi connectivity index (χ4v) is 3.28. The Balaban J connectivity index is 3.05. The van der Waals surface area contributed by atoms with E-state index >= 15 is 0 Å². The third-order valence-electron chi connectivity index (χ3n) is 2.83. The predicted molar refractivity (Wildman–Crippen MR) is 87.1 cm³/mol. The van der Waals surface area contributed by atoms with Crippen molar-refractivity contribution in [3.63, 3.8) is 0 Å². The molecule has 0 N–H and O–H groups in total. The molecule has 1 rings (SSSR count). The monoisotopic (exact) mass is 387 g/mol. The van der Waals surface area contributed by atoms with Crippen LogP contribution in [0, 0.1) is 17.7 Å². The van der Waals surface area contributed by atoms with Crippen molar-refractivity contribution < 1.29 is 14.0 Å². The second-order valence-electron chi connectivity index (χ2n) is 5.21. The number of nitrogens with zero attached hydrogens (tertiary/aromatic N) is 3. The van der Waals surface area contributed by atoms with E-state index in [0.29, 0.717) is 15.3 Å². The summed E-state index contributed by atoms with van der Waals surface area (Å²) in [6.45, 7) is 5.89. The molecule has 1 unspecified atom stereocenters. The van der Waals surface area contributed by atoms with Gasteiger partial charge in [0.05, 0.1) is 5.56 Å². The van der Waals surface area contributed by atoms with Gasteiger partial charge in [-0.15, -0.1) is 0 Å². The van der Waals surface area contributed by atoms with E-state index in [2.05, 4.69) is 26.0 Å². The summed E-state index contributed by atoms with van der Waals surface area (Å²) in [5.74, 6) is -1.59. The lowest BCUT2D eigenvalue weighted by atomic mass is 10.0. The number of carbonyl (C=O) groups excluding carboxylic acids is 2. The molecule has 0 bridgehead atoms. The average molecular weight is 388 g/mol. The standard InChI is InChI=1S/C14H15BrFN3O2S/c1-7(2)4-8(3)14(21)22-12-5-9(13(20)18-19-17)11(16)6-10(12)15/h5-8H,4H2,1-3H3. The first-order chi connectivity index (χ1) is 10.3. The van der Waals surface area contributed by atoms with Gasteiger partial charge in [0.2, 0.25) is 0 Å². The second-order valence-corrected chi connectivity index (χ2v) is 7.11. The van der Waals surface area contributed by atoms with Gasteiger partial charge in [-0.25, -0.2) is 4.39 Å². The Morgan fingerprint density at radius 1 is 1.41 bits per heavy atom. The molecule has 5 nitrogen and oxygen atoms in total. The Morgan fingerprint density at radius 2 is 2.05 bits per heavy atom. The summed E-state index contributed by atoms with van der Waals surface area (Å²) in [5, 5.41) is 2.81. The topological polar surface area (TPSA) is 82.9 Å². The van der Waals surface area contributed by atoms with Crippen LogP contribution in [0.5, 0.6) is 0 Å². The smallest absolute Gasteiger partial charge is 0.252 e. The highest BCUT2D eigenvalue weighted by Gasteiger charge is 2.20. The Hall–Kier alpha value is -1.37. The van der Waals surface area contributed by atoms with Gasteiger partial charge in [0.15, 0.2) is 5.12 Å². The minimum atomic E-state index is -1.02. The van der Waals surface area contributed by atoms with E-state index < -0.39 is 11.7 Å². The van der Waals surface area contributed by atoms with Crippen molar-refractivity contribution in [1.82, 2.24) is 0 Å². The quantitative estimate of drug-likeness (QED) is 0.295. The number of thioether (sulfide) groups is 1. The number of amides is 1. The van der Waals surface area contributed by atoms with Gasteiger partial charge in [0.25, 0.3) is 5.91 Å². The van der Waals surface area contributed by atoms with E-state index in [9.17, 15) is 14.0 Å². The van der Waals surface area contributed by atoms with Gasteiger partial charge in [-0.2, -0.15) is 0 Å². The molecule has 0 aliphatic carbocycles. The van der Waals surface area contributed by atoms with Gasteiger partial charge in [-0.3, -0.25) is 9.59 Å². The van der Waals surface area contributed by atoms with Crippen LogP contribution in [0.4, 0.5) is 4.39 Å². The number of rotatable bonds is 5. The van der Waals surface area contributed by atoms with Crippen LogP contribution in [0.3, 0.4) is 0 Å². The Labute approximate surface area is 140 Å². The molecule has 1 amide bonds. The molecule has 22 heavy (non-hydrogen) atoms. The fourth-order valence-electron chi connectivity index (χ4n) is 1.88. The molecule has 1 aromatic rings. The maximum Gasteiger partial charge on any atom is 0.252 e. The molecule has 0 heterocycles. The van der Waals surface area contributed by atoms with Gasteiger partial charge in [-0.1, -0.05) is 32.5 Å². The van der Waals surface area contributed by atoms with Crippen LogP contribution < -0.4 is 0 Å². The first kappa shape index (κ1) is 18.7. The molecule has 1 atom stereocenters. The highest BCUT2D eigenvalue weighted by Crippen LogP contribution is 2.33. The molecule has 118 valence electrons. The van der Waals surface area contributed by atoms with E-state index in [1.54, 1.807) is 0 Å². The maximum atomic E-state index is 13.7. The van der Waals surface area contributed by atoms with E-state index in [-0.39, 0.29) is 16.6 Å². The lowest BCUT2D eigenvalue weighted by Crippen LogP contribution is -2.10. The summed E-state index contributed by atoms with van der Waals surface area (Å²) < 4.78 is 14.1. The van der Waals surface area contributed by atoms with E-state index in [1.165, 1.54) is 6.07 Å². The van der Waals surface area contributed by atoms with Crippen molar-refractivity contribution in [2.75, 3.05) is 0 Å². The molecular formula is C14H15BrFN3O2S. The Bertz CT molecular complexity index is 645. The molecule has 0 saturated carbocycles. The first-order valence-electron chi connectivity index (χ1n) is 6.56. The van der Waals surface area contributed by atoms with E-state index in [4.69, 9.17) is 5.53 Å². The predicted octanol–water partition coefficient (Wildman–Crippen LogP) is 5.34. The first-order valence-corrected chi connectivity index (χ1v) is 8.17. The highest BCUT2D eigenvalue weighted by molar-refractivity contribution is 9.10. The minimum Gasteiger partial charge on any atom is -0.287 e. The van der Waals surface area contributed by atoms with Crippen LogP contribution in [-0.4, -0.2) is 11.0 Å². The molecule has 0 radical (unpaired) electrons. The normalized spacial score (nSPS) is 11.9. The van der Waals surface area contributed by atoms with Gasteiger partial charge >= 0.3 is 0 Å². The summed E-state index contributed by atoms with van der Waals surface area (Å²) in [5.41, 5.74) is 7.91. The van der Waals surface area contributed by atoms with E-state index in [0.717, 1.165) is 24.2 Å². The van der Waals surface area contributed by atoms with Gasteiger partial charge < -0.3 is 0 Å². The van der Waals surface area contributed by atoms with Crippen molar-refractivity contribution in [2.45, 2.75) is 32.1 Å². The summed E-state index contributed by atoms with van der Waals surface area (Å²) in [6, 6.07) is 2.31. The van der Waals surface area contributed by atoms with Gasteiger partial charge in [0.1, 0.15) is 5.82 Å². The second kappa shape index (κ2) is 8.31. The zero-order chi connectivity index (χ0) is 16.9. The number of benzene rings is 1. The van der Waals surface area contributed by atoms with Crippen LogP contribution in [0.2, 0.25) is 0 Å². The molecule has 0 aromatic heterocycles. The molecule has 0 fully saturated rings. The van der Waals surface area contributed by atoms with E-state index in [1.807, 2.05) is 20.8 Å².